The number of hydrogen-bond acceptors (Lipinski definition) is 0. The topological polar surface area (TPSA) is 0 Å². The van der Waals surface area contributed by atoms with Crippen molar-refractivity contribution in [1.82, 2.24) is 0 Å². The van der Waals surface area contributed by atoms with E-state index in [1.165, 1.54) is 38.9 Å². The second kappa shape index (κ2) is 11.0. The van der Waals surface area contributed by atoms with Gasteiger partial charge in [-0.25, -0.2) is 0 Å². The molecule has 0 saturated carbocycles. The predicted molar refractivity (Wildman–Crippen MR) is 170 cm³/mol. The van der Waals surface area contributed by atoms with Crippen LogP contribution in [-0.4, -0.2) is 5.92 Å². The molecule has 4 aromatic rings. The molecule has 39 heavy (non-hydrogen) atoms. The molecule has 0 spiro atoms. The zero-order valence-electron chi connectivity index (χ0n) is 23.5. The average molecular weight is 623 g/mol. The van der Waals surface area contributed by atoms with Crippen LogP contribution in [0.25, 0.3) is 34.4 Å². The molecule has 0 radical (unpaired) electrons. The molecule has 3 heteroatoms. The van der Waals surface area contributed by atoms with Crippen LogP contribution in [0, 0.1) is 5.92 Å². The quantitative estimate of drug-likeness (QED) is 0.188. The Morgan fingerprint density at radius 3 is 1.90 bits per heavy atom. The Hall–Kier alpha value is -2.25. The Bertz CT molecular complexity index is 1580. The Kier molecular flexibility index (Phi) is 7.58. The van der Waals surface area contributed by atoms with E-state index in [0.29, 0.717) is 13.2 Å². The third kappa shape index (κ3) is 4.73. The van der Waals surface area contributed by atoms with Crippen molar-refractivity contribution in [3.05, 3.63) is 129 Å². The van der Waals surface area contributed by atoms with Crippen LogP contribution in [0.3, 0.4) is 0 Å². The summed E-state index contributed by atoms with van der Waals surface area (Å²) in [6, 6.07) is 33.3. The molecule has 2 unspecified atom stereocenters. The number of fused-ring (bicyclic) bond motifs is 2. The molecule has 0 amide bonds. The van der Waals surface area contributed by atoms with Crippen LogP contribution in [-0.2, 0) is 20.9 Å². The van der Waals surface area contributed by atoms with E-state index < -0.39 is 26.8 Å². The molecule has 195 valence electrons. The summed E-state index contributed by atoms with van der Waals surface area (Å²) in [5.74, 6) is -0.438. The first-order valence-corrected chi connectivity index (χ1v) is 24.5. The van der Waals surface area contributed by atoms with Gasteiger partial charge in [-0.05, 0) is 0 Å². The number of allylic oxidation sites excluding steroid dienone is 2. The number of hydrogen-bond donors (Lipinski definition) is 0. The van der Waals surface area contributed by atoms with Crippen molar-refractivity contribution in [3.8, 4) is 22.3 Å². The van der Waals surface area contributed by atoms with Crippen LogP contribution in [0.4, 0.5) is 0 Å². The molecule has 0 nitrogen and oxygen atoms in total. The van der Waals surface area contributed by atoms with Crippen molar-refractivity contribution in [1.29, 1.82) is 0 Å². The maximum absolute atomic E-state index is 7.15. The summed E-state index contributed by atoms with van der Waals surface area (Å²) < 4.78 is 1.14. The molecular weight excluding hydrogens is 587 g/mol. The molecule has 2 aliphatic carbocycles. The third-order valence-corrected chi connectivity index (χ3v) is 30.7. The SMILES string of the molecule is CC1=Cc2c(-c3ccccc3)ccc(Cl)c2[CH]1[Zr]([CH]1C(C(C)C)=Cc2c(-c3ccccc3)cccc21)[SiH](C)C. The van der Waals surface area contributed by atoms with Crippen LogP contribution in [0.15, 0.2) is 102 Å². The van der Waals surface area contributed by atoms with Crippen LogP contribution in [0.2, 0.25) is 18.1 Å². The van der Waals surface area contributed by atoms with Crippen LogP contribution in [0.5, 0.6) is 0 Å². The molecule has 0 N–H and O–H groups in total. The average Bonchev–Trinajstić information content (AvgIpc) is 3.49. The van der Waals surface area contributed by atoms with E-state index >= 15 is 0 Å². The Labute approximate surface area is 247 Å². The second-order valence-corrected chi connectivity index (χ2v) is 32.1. The molecule has 2 atom stereocenters. The molecule has 4 aromatic carbocycles. The summed E-state index contributed by atoms with van der Waals surface area (Å²) in [6.45, 7) is 12.5. The van der Waals surface area contributed by atoms with Crippen LogP contribution in [0.1, 0.15) is 50.3 Å². The number of rotatable bonds is 6. The van der Waals surface area contributed by atoms with Gasteiger partial charge in [-0.15, -0.1) is 0 Å². The van der Waals surface area contributed by atoms with Gasteiger partial charge < -0.3 is 0 Å². The predicted octanol–water partition coefficient (Wildman–Crippen LogP) is 10.5. The third-order valence-electron chi connectivity index (χ3n) is 8.61. The Morgan fingerprint density at radius 2 is 1.31 bits per heavy atom. The van der Waals surface area contributed by atoms with Gasteiger partial charge >= 0.3 is 249 Å². The van der Waals surface area contributed by atoms with Gasteiger partial charge in [-0.1, -0.05) is 0 Å². The van der Waals surface area contributed by atoms with Crippen molar-refractivity contribution in [2.75, 3.05) is 0 Å². The fourth-order valence-corrected chi connectivity index (χ4v) is 30.7. The minimum atomic E-state index is -2.20. The van der Waals surface area contributed by atoms with Gasteiger partial charge in [-0.3, -0.25) is 0 Å². The molecule has 2 aliphatic rings. The first kappa shape index (κ1) is 26.9. The van der Waals surface area contributed by atoms with E-state index in [-0.39, 0.29) is 0 Å². The maximum atomic E-state index is 7.15. The van der Waals surface area contributed by atoms with Crippen molar-refractivity contribution in [2.24, 2.45) is 5.92 Å². The summed E-state index contributed by atoms with van der Waals surface area (Å²) in [5.41, 5.74) is 14.4. The van der Waals surface area contributed by atoms with Gasteiger partial charge in [0.2, 0.25) is 0 Å². The van der Waals surface area contributed by atoms with Gasteiger partial charge in [-0.2, -0.15) is 0 Å². The molecule has 6 rings (SSSR count). The molecule has 0 saturated heterocycles. The fourth-order valence-electron chi connectivity index (χ4n) is 6.90. The van der Waals surface area contributed by atoms with E-state index in [2.05, 4.69) is 137 Å². The standard InChI is InChI=1S/C18H17.C16H12Cl.C2H7Si.Zr/c1-13(2)16-11-15-9-6-10-17(18(15)12-16)14-7-4-3-5-8-14;1-11-9-14-13(12-5-3-2-4-6-12)7-8-16(17)15(14)10-11;1-3-2;/h3-13H,1-2H3;2-10H,1H3;3H,1-2H3;. The van der Waals surface area contributed by atoms with Crippen molar-refractivity contribution in [3.63, 3.8) is 0 Å². The monoisotopic (exact) mass is 621 g/mol. The Balaban J connectivity index is 1.53. The normalized spacial score (nSPS) is 17.7. The summed E-state index contributed by atoms with van der Waals surface area (Å²) in [7, 11) is 0. The van der Waals surface area contributed by atoms with Gasteiger partial charge in [0.1, 0.15) is 0 Å². The van der Waals surface area contributed by atoms with Crippen LogP contribution < -0.4 is 0 Å². The zero-order chi connectivity index (χ0) is 27.3. The molecular formula is C36H36ClSiZr. The van der Waals surface area contributed by atoms with E-state index in [1.807, 2.05) is 0 Å². The Morgan fingerprint density at radius 1 is 0.692 bits per heavy atom. The first-order chi connectivity index (χ1) is 18.9. The summed E-state index contributed by atoms with van der Waals surface area (Å²) >= 11 is 4.95. The number of benzene rings is 4. The number of halogens is 1. The summed E-state index contributed by atoms with van der Waals surface area (Å²) in [6.07, 6.45) is 5.07. The van der Waals surface area contributed by atoms with E-state index in [9.17, 15) is 0 Å². The van der Waals surface area contributed by atoms with Gasteiger partial charge in [0.15, 0.2) is 0 Å². The zero-order valence-corrected chi connectivity index (χ0v) is 27.9. The van der Waals surface area contributed by atoms with E-state index in [1.54, 1.807) is 16.7 Å². The second-order valence-electron chi connectivity index (χ2n) is 11.7. The summed E-state index contributed by atoms with van der Waals surface area (Å²) in [5, 5.41) is 0.960. The summed E-state index contributed by atoms with van der Waals surface area (Å²) in [4.78, 5) is 0. The van der Waals surface area contributed by atoms with Gasteiger partial charge in [0, 0.05) is 0 Å². The molecule has 0 bridgehead atoms. The first-order valence-electron chi connectivity index (χ1n) is 14.2. The van der Waals surface area contributed by atoms with Crippen molar-refractivity contribution >= 4 is 29.7 Å². The minimum absolute atomic E-state index is 0.531. The van der Waals surface area contributed by atoms with Crippen molar-refractivity contribution in [2.45, 2.75) is 41.1 Å². The van der Waals surface area contributed by atoms with E-state index in [4.69, 9.17) is 11.6 Å². The van der Waals surface area contributed by atoms with Gasteiger partial charge in [0.05, 0.1) is 0 Å². The van der Waals surface area contributed by atoms with Crippen LogP contribution >= 0.6 is 11.6 Å². The molecule has 0 fully saturated rings. The van der Waals surface area contributed by atoms with Crippen molar-refractivity contribution < 1.29 is 20.9 Å². The van der Waals surface area contributed by atoms with Gasteiger partial charge in [0.25, 0.3) is 0 Å². The molecule has 0 aromatic heterocycles. The van der Waals surface area contributed by atoms with E-state index in [0.717, 1.165) is 5.02 Å². The molecule has 0 heterocycles. The fraction of sp³-hybridized carbons (Fsp3) is 0.222. The molecule has 0 aliphatic heterocycles.